The van der Waals surface area contributed by atoms with E-state index >= 15 is 0 Å². The van der Waals surface area contributed by atoms with E-state index in [1.54, 1.807) is 0 Å². The second kappa shape index (κ2) is 7.33. The zero-order valence-corrected chi connectivity index (χ0v) is 13.1. The molecule has 0 spiro atoms. The van der Waals surface area contributed by atoms with Crippen molar-refractivity contribution in [1.29, 1.82) is 0 Å². The molecule has 1 amide bonds. The molecule has 1 aliphatic rings. The Kier molecular flexibility index (Phi) is 4.98. The summed E-state index contributed by atoms with van der Waals surface area (Å²) in [5, 5.41) is 2.67. The summed E-state index contributed by atoms with van der Waals surface area (Å²) in [5.41, 5.74) is 0.477. The monoisotopic (exact) mass is 332 g/mol. The fourth-order valence-corrected chi connectivity index (χ4v) is 2.67. The van der Waals surface area contributed by atoms with Crippen LogP contribution in [0.2, 0.25) is 0 Å². The highest BCUT2D eigenvalue weighted by atomic mass is 19.1. The van der Waals surface area contributed by atoms with Gasteiger partial charge < -0.3 is 10.2 Å². The molecule has 1 aromatic heterocycles. The molecular weight excluding hydrogens is 314 g/mol. The van der Waals surface area contributed by atoms with E-state index in [1.807, 2.05) is 4.90 Å². The Morgan fingerprint density at radius 2 is 1.71 bits per heavy atom. The maximum absolute atomic E-state index is 13.6. The molecule has 0 atom stereocenters. The molecule has 1 N–H and O–H groups in total. The van der Waals surface area contributed by atoms with Crippen molar-refractivity contribution in [1.82, 2.24) is 14.9 Å². The molecule has 0 aliphatic carbocycles. The van der Waals surface area contributed by atoms with E-state index in [0.717, 1.165) is 50.9 Å². The van der Waals surface area contributed by atoms with Gasteiger partial charge in [-0.15, -0.1) is 0 Å². The molecule has 1 aromatic carbocycles. The van der Waals surface area contributed by atoms with E-state index in [4.69, 9.17) is 0 Å². The first kappa shape index (κ1) is 16.3. The quantitative estimate of drug-likeness (QED) is 0.934. The van der Waals surface area contributed by atoms with Crippen molar-refractivity contribution < 1.29 is 13.6 Å². The summed E-state index contributed by atoms with van der Waals surface area (Å²) >= 11 is 0. The van der Waals surface area contributed by atoms with Crippen molar-refractivity contribution in [2.24, 2.45) is 0 Å². The van der Waals surface area contributed by atoms with E-state index in [2.05, 4.69) is 15.3 Å². The molecule has 0 radical (unpaired) electrons. The summed E-state index contributed by atoms with van der Waals surface area (Å²) in [5.74, 6) is -1.33. The van der Waals surface area contributed by atoms with Gasteiger partial charge in [-0.25, -0.2) is 18.7 Å². The topological polar surface area (TPSA) is 58.1 Å². The third-order valence-corrected chi connectivity index (χ3v) is 3.97. The van der Waals surface area contributed by atoms with Crippen LogP contribution in [0.4, 0.5) is 20.4 Å². The average Bonchev–Trinajstić information content (AvgIpc) is 2.87. The molecule has 2 aromatic rings. The molecule has 1 fully saturated rings. The molecule has 5 nitrogen and oxygen atoms in total. The first-order valence-electron chi connectivity index (χ1n) is 7.97. The van der Waals surface area contributed by atoms with Crippen LogP contribution in [0.3, 0.4) is 0 Å². The van der Waals surface area contributed by atoms with Crippen molar-refractivity contribution in [3.63, 3.8) is 0 Å². The number of hydrogen-bond donors (Lipinski definition) is 1. The van der Waals surface area contributed by atoms with Gasteiger partial charge in [0.1, 0.15) is 11.6 Å². The fourth-order valence-electron chi connectivity index (χ4n) is 2.67. The number of likely N-dealkylation sites (tertiary alicyclic amines) is 1. The Balaban J connectivity index is 1.69. The maximum atomic E-state index is 13.6. The highest BCUT2D eigenvalue weighted by molar-refractivity contribution is 5.93. The Morgan fingerprint density at radius 3 is 2.33 bits per heavy atom. The van der Waals surface area contributed by atoms with Crippen LogP contribution in [0.1, 0.15) is 36.0 Å². The minimum atomic E-state index is -0.733. The van der Waals surface area contributed by atoms with E-state index in [-0.39, 0.29) is 17.5 Å². The van der Waals surface area contributed by atoms with Crippen LogP contribution in [0, 0.1) is 11.6 Å². The van der Waals surface area contributed by atoms with Crippen molar-refractivity contribution in [2.45, 2.75) is 25.7 Å². The van der Waals surface area contributed by atoms with Gasteiger partial charge in [-0.05, 0) is 25.0 Å². The van der Waals surface area contributed by atoms with Crippen LogP contribution >= 0.6 is 0 Å². The van der Waals surface area contributed by atoms with Crippen LogP contribution in [-0.2, 0) is 0 Å². The standard InChI is InChI=1S/C17H18F2N4O/c18-13-5-6-15(14(19)9-13)22-17-20-10-12(11-21-17)16(24)23-7-3-1-2-4-8-23/h5-6,9-11H,1-4,7-8H2,(H,20,21,22). The number of carbonyl (C=O) groups excluding carboxylic acids is 1. The minimum absolute atomic E-state index is 0.0722. The summed E-state index contributed by atoms with van der Waals surface area (Å²) in [7, 11) is 0. The summed E-state index contributed by atoms with van der Waals surface area (Å²) in [6.45, 7) is 1.50. The number of rotatable bonds is 3. The van der Waals surface area contributed by atoms with Crippen molar-refractivity contribution in [3.8, 4) is 0 Å². The van der Waals surface area contributed by atoms with E-state index < -0.39 is 11.6 Å². The number of benzene rings is 1. The van der Waals surface area contributed by atoms with Gasteiger partial charge in [0.05, 0.1) is 11.3 Å². The van der Waals surface area contributed by atoms with Crippen molar-refractivity contribution in [2.75, 3.05) is 18.4 Å². The average molecular weight is 332 g/mol. The van der Waals surface area contributed by atoms with Crippen molar-refractivity contribution >= 4 is 17.5 Å². The molecule has 0 bridgehead atoms. The Bertz CT molecular complexity index is 713. The van der Waals surface area contributed by atoms with Gasteiger partial charge in [0.15, 0.2) is 0 Å². The summed E-state index contributed by atoms with van der Waals surface area (Å²) < 4.78 is 26.5. The lowest BCUT2D eigenvalue weighted by atomic mass is 10.2. The molecule has 24 heavy (non-hydrogen) atoms. The van der Waals surface area contributed by atoms with Gasteiger partial charge in [-0.2, -0.15) is 0 Å². The number of carbonyl (C=O) groups is 1. The molecule has 1 saturated heterocycles. The van der Waals surface area contributed by atoms with E-state index in [9.17, 15) is 13.6 Å². The molecule has 7 heteroatoms. The van der Waals surface area contributed by atoms with E-state index in [0.29, 0.717) is 5.56 Å². The number of amides is 1. The van der Waals surface area contributed by atoms with Crippen LogP contribution in [0.15, 0.2) is 30.6 Å². The maximum Gasteiger partial charge on any atom is 0.256 e. The molecule has 3 rings (SSSR count). The number of hydrogen-bond acceptors (Lipinski definition) is 4. The Morgan fingerprint density at radius 1 is 1.04 bits per heavy atom. The number of nitrogens with zero attached hydrogens (tertiary/aromatic N) is 3. The Labute approximate surface area is 138 Å². The molecule has 1 aliphatic heterocycles. The number of halogens is 2. The van der Waals surface area contributed by atoms with Crippen LogP contribution in [0.25, 0.3) is 0 Å². The highest BCUT2D eigenvalue weighted by Gasteiger charge is 2.18. The highest BCUT2D eigenvalue weighted by Crippen LogP contribution is 2.18. The van der Waals surface area contributed by atoms with E-state index in [1.165, 1.54) is 18.5 Å². The summed E-state index contributed by atoms with van der Waals surface area (Å²) in [6.07, 6.45) is 7.15. The zero-order chi connectivity index (χ0) is 16.9. The van der Waals surface area contributed by atoms with Gasteiger partial charge in [-0.3, -0.25) is 4.79 Å². The smallest absolute Gasteiger partial charge is 0.256 e. The summed E-state index contributed by atoms with van der Waals surface area (Å²) in [6, 6.07) is 3.19. The van der Waals surface area contributed by atoms with Crippen molar-refractivity contribution in [3.05, 3.63) is 47.8 Å². The molecule has 0 saturated carbocycles. The molecule has 2 heterocycles. The molecular formula is C17H18F2N4O. The summed E-state index contributed by atoms with van der Waals surface area (Å²) in [4.78, 5) is 22.3. The van der Waals surface area contributed by atoms with Gasteiger partial charge in [0.2, 0.25) is 5.95 Å². The minimum Gasteiger partial charge on any atom is -0.339 e. The lowest BCUT2D eigenvalue weighted by Gasteiger charge is -2.19. The number of anilines is 2. The second-order valence-corrected chi connectivity index (χ2v) is 5.75. The largest absolute Gasteiger partial charge is 0.339 e. The zero-order valence-electron chi connectivity index (χ0n) is 13.1. The first-order chi connectivity index (χ1) is 11.6. The lowest BCUT2D eigenvalue weighted by molar-refractivity contribution is 0.0761. The van der Waals surface area contributed by atoms with Gasteiger partial charge >= 0.3 is 0 Å². The van der Waals surface area contributed by atoms with Gasteiger partial charge in [0, 0.05) is 31.5 Å². The first-order valence-corrected chi connectivity index (χ1v) is 7.97. The predicted molar refractivity (Wildman–Crippen MR) is 86.0 cm³/mol. The number of nitrogens with one attached hydrogen (secondary N) is 1. The second-order valence-electron chi connectivity index (χ2n) is 5.75. The predicted octanol–water partition coefficient (Wildman–Crippen LogP) is 3.51. The number of aromatic nitrogens is 2. The normalized spacial score (nSPS) is 15.0. The molecule has 0 unspecified atom stereocenters. The lowest BCUT2D eigenvalue weighted by Crippen LogP contribution is -2.32. The Hall–Kier alpha value is -2.57. The van der Waals surface area contributed by atoms with Crippen LogP contribution in [-0.4, -0.2) is 33.9 Å². The van der Waals surface area contributed by atoms with Gasteiger partial charge in [0.25, 0.3) is 5.91 Å². The SMILES string of the molecule is O=C(c1cnc(Nc2ccc(F)cc2F)nc1)N1CCCCCC1. The third kappa shape index (κ3) is 3.84. The fraction of sp³-hybridized carbons (Fsp3) is 0.353. The van der Waals surface area contributed by atoms with Gasteiger partial charge in [-0.1, -0.05) is 12.8 Å². The van der Waals surface area contributed by atoms with Crippen LogP contribution in [0.5, 0.6) is 0 Å². The third-order valence-electron chi connectivity index (χ3n) is 3.97. The molecule has 126 valence electrons. The van der Waals surface area contributed by atoms with Crippen LogP contribution < -0.4 is 5.32 Å².